The van der Waals surface area contributed by atoms with Crippen LogP contribution in [-0.2, 0) is 6.42 Å². The summed E-state index contributed by atoms with van der Waals surface area (Å²) in [4.78, 5) is 0. The Balaban J connectivity index is 2.87. The van der Waals surface area contributed by atoms with Gasteiger partial charge in [-0.25, -0.2) is 0 Å². The molecule has 0 heterocycles. The average molecular weight is 176 g/mol. The minimum atomic E-state index is 1.05. The Kier molecular flexibility index (Phi) is 3.50. The molecule has 0 fully saturated rings. The van der Waals surface area contributed by atoms with Gasteiger partial charge in [0, 0.05) is 14.1 Å². The quantitative estimate of drug-likeness (QED) is 0.509. The van der Waals surface area contributed by atoms with Gasteiger partial charge < -0.3 is 5.01 Å². The number of hydrogen-bond acceptors (Lipinski definition) is 2. The van der Waals surface area contributed by atoms with Gasteiger partial charge in [0.2, 0.25) is 0 Å². The van der Waals surface area contributed by atoms with Crippen molar-refractivity contribution in [2.24, 2.45) is 5.10 Å². The fourth-order valence-corrected chi connectivity index (χ4v) is 1.16. The predicted molar refractivity (Wildman–Crippen MR) is 57.1 cm³/mol. The lowest BCUT2D eigenvalue weighted by Gasteiger charge is -2.05. The van der Waals surface area contributed by atoms with E-state index in [1.165, 1.54) is 11.1 Å². The second-order valence-electron chi connectivity index (χ2n) is 3.14. The fraction of sp³-hybridized carbons (Fsp3) is 0.364. The van der Waals surface area contributed by atoms with Crippen LogP contribution in [0, 0.1) is 0 Å². The van der Waals surface area contributed by atoms with Crippen LogP contribution in [0.25, 0.3) is 0 Å². The topological polar surface area (TPSA) is 15.6 Å². The third-order valence-corrected chi connectivity index (χ3v) is 1.86. The normalized spacial score (nSPS) is 10.7. The number of rotatable bonds is 3. The standard InChI is InChI=1S/C11H16N2/c1-4-10-7-5-6-8-11(10)9-12-13(2)3/h5-9H,4H2,1-3H3. The molecular weight excluding hydrogens is 160 g/mol. The Morgan fingerprint density at radius 3 is 2.62 bits per heavy atom. The van der Waals surface area contributed by atoms with Crippen LogP contribution < -0.4 is 0 Å². The van der Waals surface area contributed by atoms with Crippen LogP contribution in [0.15, 0.2) is 29.4 Å². The van der Waals surface area contributed by atoms with Crippen molar-refractivity contribution in [1.82, 2.24) is 5.01 Å². The maximum atomic E-state index is 4.21. The summed E-state index contributed by atoms with van der Waals surface area (Å²) in [7, 11) is 3.84. The highest BCUT2D eigenvalue weighted by molar-refractivity contribution is 5.81. The molecule has 1 aromatic carbocycles. The van der Waals surface area contributed by atoms with Crippen molar-refractivity contribution in [1.29, 1.82) is 0 Å². The summed E-state index contributed by atoms with van der Waals surface area (Å²) in [6.07, 6.45) is 2.95. The minimum Gasteiger partial charge on any atom is -0.303 e. The molecule has 0 bridgehead atoms. The lowest BCUT2D eigenvalue weighted by atomic mass is 10.1. The fourth-order valence-electron chi connectivity index (χ4n) is 1.16. The summed E-state index contributed by atoms with van der Waals surface area (Å²) >= 11 is 0. The molecule has 0 unspecified atom stereocenters. The molecule has 0 N–H and O–H groups in total. The molecule has 2 heteroatoms. The molecular formula is C11H16N2. The van der Waals surface area contributed by atoms with Crippen LogP contribution in [0.2, 0.25) is 0 Å². The van der Waals surface area contributed by atoms with Crippen molar-refractivity contribution in [3.63, 3.8) is 0 Å². The molecule has 2 nitrogen and oxygen atoms in total. The first kappa shape index (κ1) is 9.78. The van der Waals surface area contributed by atoms with E-state index in [0.29, 0.717) is 0 Å². The monoisotopic (exact) mass is 176 g/mol. The molecule has 0 aliphatic carbocycles. The maximum absolute atomic E-state index is 4.21. The number of hydrazone groups is 1. The second-order valence-corrected chi connectivity index (χ2v) is 3.14. The van der Waals surface area contributed by atoms with Gasteiger partial charge in [0.25, 0.3) is 0 Å². The molecule has 1 aromatic rings. The first-order valence-electron chi connectivity index (χ1n) is 4.53. The summed E-state index contributed by atoms with van der Waals surface area (Å²) in [5.41, 5.74) is 2.55. The lowest BCUT2D eigenvalue weighted by molar-refractivity contribution is 0.440. The van der Waals surface area contributed by atoms with Crippen LogP contribution >= 0.6 is 0 Å². The van der Waals surface area contributed by atoms with E-state index in [-0.39, 0.29) is 0 Å². The molecule has 0 aromatic heterocycles. The van der Waals surface area contributed by atoms with Crippen molar-refractivity contribution in [3.05, 3.63) is 35.4 Å². The maximum Gasteiger partial charge on any atom is 0.0545 e. The Bertz CT molecular complexity index is 290. The van der Waals surface area contributed by atoms with E-state index in [1.807, 2.05) is 26.4 Å². The van der Waals surface area contributed by atoms with Crippen LogP contribution in [-0.4, -0.2) is 25.3 Å². The van der Waals surface area contributed by atoms with Crippen LogP contribution in [0.5, 0.6) is 0 Å². The number of benzene rings is 1. The first-order valence-corrected chi connectivity index (χ1v) is 4.53. The SMILES string of the molecule is CCc1ccccc1C=NN(C)C. The molecule has 0 saturated carbocycles. The van der Waals surface area contributed by atoms with Crippen LogP contribution in [0.1, 0.15) is 18.1 Å². The Labute approximate surface area is 79.9 Å². The molecule has 0 aliphatic heterocycles. The van der Waals surface area contributed by atoms with Gasteiger partial charge in [0.1, 0.15) is 0 Å². The molecule has 70 valence electrons. The molecule has 0 amide bonds. The molecule has 0 radical (unpaired) electrons. The van der Waals surface area contributed by atoms with Gasteiger partial charge in [0.05, 0.1) is 6.21 Å². The van der Waals surface area contributed by atoms with Crippen molar-refractivity contribution in [2.45, 2.75) is 13.3 Å². The highest BCUT2D eigenvalue weighted by Crippen LogP contribution is 2.06. The lowest BCUT2D eigenvalue weighted by Crippen LogP contribution is -2.02. The van der Waals surface area contributed by atoms with Crippen LogP contribution in [0.4, 0.5) is 0 Å². The third kappa shape index (κ3) is 2.90. The van der Waals surface area contributed by atoms with Gasteiger partial charge in [-0.3, -0.25) is 0 Å². The predicted octanol–water partition coefficient (Wildman–Crippen LogP) is 2.14. The zero-order chi connectivity index (χ0) is 9.68. The van der Waals surface area contributed by atoms with Gasteiger partial charge in [-0.05, 0) is 17.5 Å². The van der Waals surface area contributed by atoms with Gasteiger partial charge in [-0.2, -0.15) is 5.10 Å². The zero-order valence-corrected chi connectivity index (χ0v) is 8.49. The Morgan fingerprint density at radius 2 is 2.00 bits per heavy atom. The highest BCUT2D eigenvalue weighted by atomic mass is 15.4. The zero-order valence-electron chi connectivity index (χ0n) is 8.49. The third-order valence-electron chi connectivity index (χ3n) is 1.86. The molecule has 0 spiro atoms. The van der Waals surface area contributed by atoms with E-state index in [0.717, 1.165) is 6.42 Å². The molecule has 13 heavy (non-hydrogen) atoms. The highest BCUT2D eigenvalue weighted by Gasteiger charge is 1.94. The largest absolute Gasteiger partial charge is 0.303 e. The average Bonchev–Trinajstić information content (AvgIpc) is 2.15. The van der Waals surface area contributed by atoms with Gasteiger partial charge in [0.15, 0.2) is 0 Å². The smallest absolute Gasteiger partial charge is 0.0545 e. The summed E-state index contributed by atoms with van der Waals surface area (Å²) in [6.45, 7) is 2.16. The summed E-state index contributed by atoms with van der Waals surface area (Å²) < 4.78 is 0. The van der Waals surface area contributed by atoms with E-state index in [2.05, 4.69) is 30.2 Å². The van der Waals surface area contributed by atoms with E-state index >= 15 is 0 Å². The van der Waals surface area contributed by atoms with Crippen molar-refractivity contribution >= 4 is 6.21 Å². The van der Waals surface area contributed by atoms with Crippen LogP contribution in [0.3, 0.4) is 0 Å². The molecule has 0 atom stereocenters. The van der Waals surface area contributed by atoms with Gasteiger partial charge in [-0.15, -0.1) is 0 Å². The molecule has 0 saturated heterocycles. The van der Waals surface area contributed by atoms with E-state index < -0.39 is 0 Å². The number of hydrogen-bond donors (Lipinski definition) is 0. The first-order chi connectivity index (χ1) is 6.24. The Hall–Kier alpha value is -1.31. The summed E-state index contributed by atoms with van der Waals surface area (Å²) in [5, 5.41) is 6.01. The van der Waals surface area contributed by atoms with Gasteiger partial charge >= 0.3 is 0 Å². The van der Waals surface area contributed by atoms with E-state index in [9.17, 15) is 0 Å². The molecule has 1 rings (SSSR count). The number of aryl methyl sites for hydroxylation is 1. The van der Waals surface area contributed by atoms with E-state index in [1.54, 1.807) is 5.01 Å². The minimum absolute atomic E-state index is 1.05. The van der Waals surface area contributed by atoms with Crippen molar-refractivity contribution in [3.8, 4) is 0 Å². The number of nitrogens with zero attached hydrogens (tertiary/aromatic N) is 2. The van der Waals surface area contributed by atoms with Crippen molar-refractivity contribution in [2.75, 3.05) is 14.1 Å². The summed E-state index contributed by atoms with van der Waals surface area (Å²) in [6, 6.07) is 8.32. The van der Waals surface area contributed by atoms with Crippen molar-refractivity contribution < 1.29 is 0 Å². The Morgan fingerprint density at radius 1 is 1.31 bits per heavy atom. The van der Waals surface area contributed by atoms with E-state index in [4.69, 9.17) is 0 Å². The molecule has 0 aliphatic rings. The second kappa shape index (κ2) is 4.65. The van der Waals surface area contributed by atoms with Gasteiger partial charge in [-0.1, -0.05) is 31.2 Å². The summed E-state index contributed by atoms with van der Waals surface area (Å²) in [5.74, 6) is 0.